The second-order valence-electron chi connectivity index (χ2n) is 6.81. The summed E-state index contributed by atoms with van der Waals surface area (Å²) in [5.41, 5.74) is 1.03. The topological polar surface area (TPSA) is 69.5 Å². The molecule has 158 valence electrons. The molecule has 2 aromatic heterocycles. The lowest BCUT2D eigenvalue weighted by molar-refractivity contribution is -0.128. The highest BCUT2D eigenvalue weighted by atomic mass is 32.2. The SMILES string of the molecule is CCN(Cc1ccc2c(c1)OCCO2)C(=O)CSc1nncn1CCc1cccs1. The van der Waals surface area contributed by atoms with E-state index in [0.717, 1.165) is 35.2 Å². The summed E-state index contributed by atoms with van der Waals surface area (Å²) < 4.78 is 13.2. The molecule has 0 bridgehead atoms. The first kappa shape index (κ1) is 20.7. The Morgan fingerprint density at radius 1 is 1.27 bits per heavy atom. The summed E-state index contributed by atoms with van der Waals surface area (Å²) in [4.78, 5) is 16.0. The maximum atomic E-state index is 12.8. The minimum Gasteiger partial charge on any atom is -0.486 e. The lowest BCUT2D eigenvalue weighted by Crippen LogP contribution is -2.32. The van der Waals surface area contributed by atoms with E-state index in [1.54, 1.807) is 17.7 Å². The Morgan fingerprint density at radius 2 is 2.13 bits per heavy atom. The third kappa shape index (κ3) is 5.14. The van der Waals surface area contributed by atoms with Gasteiger partial charge < -0.3 is 18.9 Å². The van der Waals surface area contributed by atoms with E-state index >= 15 is 0 Å². The Morgan fingerprint density at radius 3 is 2.93 bits per heavy atom. The summed E-state index contributed by atoms with van der Waals surface area (Å²) in [6, 6.07) is 10.0. The van der Waals surface area contributed by atoms with Crippen molar-refractivity contribution in [3.05, 3.63) is 52.5 Å². The van der Waals surface area contributed by atoms with Crippen LogP contribution in [-0.2, 0) is 24.3 Å². The summed E-state index contributed by atoms with van der Waals surface area (Å²) in [5, 5.41) is 11.1. The summed E-state index contributed by atoms with van der Waals surface area (Å²) in [6.07, 6.45) is 2.66. The smallest absolute Gasteiger partial charge is 0.233 e. The number of aryl methyl sites for hydroxylation is 2. The Kier molecular flexibility index (Phi) is 6.91. The van der Waals surface area contributed by atoms with Gasteiger partial charge >= 0.3 is 0 Å². The van der Waals surface area contributed by atoms with Gasteiger partial charge in [-0.15, -0.1) is 21.5 Å². The number of hydrogen-bond donors (Lipinski definition) is 0. The summed E-state index contributed by atoms with van der Waals surface area (Å²) >= 11 is 3.18. The highest BCUT2D eigenvalue weighted by Gasteiger charge is 2.17. The Labute approximate surface area is 184 Å². The van der Waals surface area contributed by atoms with Crippen molar-refractivity contribution < 1.29 is 14.3 Å². The van der Waals surface area contributed by atoms with E-state index < -0.39 is 0 Å². The molecule has 0 unspecified atom stereocenters. The minimum atomic E-state index is 0.0743. The quantitative estimate of drug-likeness (QED) is 0.471. The van der Waals surface area contributed by atoms with Crippen LogP contribution in [0.1, 0.15) is 17.4 Å². The molecule has 1 aliphatic rings. The van der Waals surface area contributed by atoms with E-state index in [1.165, 1.54) is 16.6 Å². The molecule has 1 aliphatic heterocycles. The molecule has 0 aliphatic carbocycles. The minimum absolute atomic E-state index is 0.0743. The fraction of sp³-hybridized carbons (Fsp3) is 0.381. The predicted octanol–water partition coefficient (Wildman–Crippen LogP) is 3.49. The molecule has 30 heavy (non-hydrogen) atoms. The van der Waals surface area contributed by atoms with Crippen LogP contribution in [0, 0.1) is 0 Å². The zero-order valence-corrected chi connectivity index (χ0v) is 18.5. The van der Waals surface area contributed by atoms with Crippen molar-refractivity contribution in [3.63, 3.8) is 0 Å². The van der Waals surface area contributed by atoms with Gasteiger partial charge in [-0.2, -0.15) is 0 Å². The van der Waals surface area contributed by atoms with Crippen LogP contribution in [0.5, 0.6) is 11.5 Å². The number of thioether (sulfide) groups is 1. The number of benzene rings is 1. The maximum Gasteiger partial charge on any atom is 0.233 e. The maximum absolute atomic E-state index is 12.8. The van der Waals surface area contributed by atoms with Crippen LogP contribution in [0.2, 0.25) is 0 Å². The van der Waals surface area contributed by atoms with E-state index in [-0.39, 0.29) is 5.91 Å². The molecular weight excluding hydrogens is 420 g/mol. The van der Waals surface area contributed by atoms with Crippen molar-refractivity contribution in [1.82, 2.24) is 19.7 Å². The third-order valence-corrected chi connectivity index (χ3v) is 6.70. The fourth-order valence-electron chi connectivity index (χ4n) is 3.20. The first-order valence-corrected chi connectivity index (χ1v) is 11.8. The number of nitrogens with zero attached hydrogens (tertiary/aromatic N) is 4. The molecule has 0 saturated heterocycles. The lowest BCUT2D eigenvalue weighted by atomic mass is 10.2. The molecule has 7 nitrogen and oxygen atoms in total. The monoisotopic (exact) mass is 444 g/mol. The lowest BCUT2D eigenvalue weighted by Gasteiger charge is -2.23. The van der Waals surface area contributed by atoms with Gasteiger partial charge in [-0.25, -0.2) is 0 Å². The Hall–Kier alpha value is -2.52. The second kappa shape index (κ2) is 9.99. The van der Waals surface area contributed by atoms with Gasteiger partial charge in [0.25, 0.3) is 0 Å². The van der Waals surface area contributed by atoms with Gasteiger partial charge in [0.1, 0.15) is 19.5 Å². The van der Waals surface area contributed by atoms with Crippen molar-refractivity contribution in [3.8, 4) is 11.5 Å². The van der Waals surface area contributed by atoms with Gasteiger partial charge in [-0.05, 0) is 42.5 Å². The number of carbonyl (C=O) groups is 1. The average molecular weight is 445 g/mol. The number of hydrogen-bond acceptors (Lipinski definition) is 7. The van der Waals surface area contributed by atoms with Crippen molar-refractivity contribution in [2.45, 2.75) is 31.6 Å². The van der Waals surface area contributed by atoms with Crippen LogP contribution in [0.15, 0.2) is 47.2 Å². The molecule has 0 saturated carbocycles. The number of carbonyl (C=O) groups excluding carboxylic acids is 1. The summed E-state index contributed by atoms with van der Waals surface area (Å²) in [7, 11) is 0. The molecule has 3 heterocycles. The normalized spacial score (nSPS) is 12.7. The van der Waals surface area contributed by atoms with Gasteiger partial charge in [0.2, 0.25) is 5.91 Å². The highest BCUT2D eigenvalue weighted by Crippen LogP contribution is 2.31. The van der Waals surface area contributed by atoms with E-state index in [0.29, 0.717) is 32.1 Å². The molecule has 9 heteroatoms. The average Bonchev–Trinajstić information content (AvgIpc) is 3.46. The van der Waals surface area contributed by atoms with Gasteiger partial charge in [-0.1, -0.05) is 23.9 Å². The molecular formula is C21H24N4O3S2. The van der Waals surface area contributed by atoms with E-state index in [9.17, 15) is 4.79 Å². The van der Waals surface area contributed by atoms with Gasteiger partial charge in [0, 0.05) is 24.5 Å². The number of aromatic nitrogens is 3. The first-order valence-electron chi connectivity index (χ1n) is 9.92. The van der Waals surface area contributed by atoms with Crippen molar-refractivity contribution in [2.24, 2.45) is 0 Å². The number of ether oxygens (including phenoxy) is 2. The standard InChI is InChI=1S/C21H24N4O3S2/c1-2-24(13-16-5-6-18-19(12-16)28-10-9-27-18)20(26)14-30-21-23-22-15-25(21)8-7-17-4-3-11-29-17/h3-6,11-12,15H,2,7-10,13-14H2,1H3. The third-order valence-electron chi connectivity index (χ3n) is 4.80. The molecule has 3 aromatic rings. The van der Waals surface area contributed by atoms with Crippen molar-refractivity contribution in [2.75, 3.05) is 25.5 Å². The number of amides is 1. The molecule has 0 N–H and O–H groups in total. The van der Waals surface area contributed by atoms with Gasteiger partial charge in [0.05, 0.1) is 5.75 Å². The molecule has 0 atom stereocenters. The fourth-order valence-corrected chi connectivity index (χ4v) is 4.74. The number of thiophene rings is 1. The van der Waals surface area contributed by atoms with Crippen LogP contribution in [0.4, 0.5) is 0 Å². The first-order chi connectivity index (χ1) is 14.7. The Bertz CT molecular complexity index is 975. The van der Waals surface area contributed by atoms with Crippen LogP contribution in [-0.4, -0.2) is 51.1 Å². The van der Waals surface area contributed by atoms with Crippen LogP contribution < -0.4 is 9.47 Å². The molecule has 0 spiro atoms. The summed E-state index contributed by atoms with van der Waals surface area (Å²) in [5.74, 6) is 1.91. The van der Waals surface area contributed by atoms with E-state index in [2.05, 4.69) is 27.7 Å². The van der Waals surface area contributed by atoms with Crippen LogP contribution in [0.3, 0.4) is 0 Å². The van der Waals surface area contributed by atoms with E-state index in [1.807, 2.05) is 34.6 Å². The molecule has 0 fully saturated rings. The Balaban J connectivity index is 1.32. The number of fused-ring (bicyclic) bond motifs is 1. The van der Waals surface area contributed by atoms with Crippen molar-refractivity contribution >= 4 is 29.0 Å². The predicted molar refractivity (Wildman–Crippen MR) is 117 cm³/mol. The molecule has 1 amide bonds. The zero-order valence-electron chi connectivity index (χ0n) is 16.8. The van der Waals surface area contributed by atoms with E-state index in [4.69, 9.17) is 9.47 Å². The molecule has 4 rings (SSSR count). The highest BCUT2D eigenvalue weighted by molar-refractivity contribution is 7.99. The number of rotatable bonds is 9. The van der Waals surface area contributed by atoms with Gasteiger partial charge in [-0.3, -0.25) is 4.79 Å². The van der Waals surface area contributed by atoms with Crippen LogP contribution in [0.25, 0.3) is 0 Å². The second-order valence-corrected chi connectivity index (χ2v) is 8.79. The molecule has 0 radical (unpaired) electrons. The van der Waals surface area contributed by atoms with Gasteiger partial charge in [0.15, 0.2) is 16.7 Å². The molecule has 1 aromatic carbocycles. The summed E-state index contributed by atoms with van der Waals surface area (Å²) in [6.45, 7) is 5.09. The van der Waals surface area contributed by atoms with Crippen LogP contribution >= 0.6 is 23.1 Å². The zero-order chi connectivity index (χ0) is 20.8. The largest absolute Gasteiger partial charge is 0.486 e. The van der Waals surface area contributed by atoms with Crippen molar-refractivity contribution in [1.29, 1.82) is 0 Å².